The summed E-state index contributed by atoms with van der Waals surface area (Å²) in [5, 5.41) is 0.447. The Morgan fingerprint density at radius 1 is 1.35 bits per heavy atom. The van der Waals surface area contributed by atoms with Crippen molar-refractivity contribution in [2.45, 2.75) is 12.8 Å². The third-order valence-electron chi connectivity index (χ3n) is 4.13. The van der Waals surface area contributed by atoms with E-state index < -0.39 is 0 Å². The maximum atomic E-state index is 12.2. The molecule has 0 aromatic heterocycles. The van der Waals surface area contributed by atoms with Crippen LogP contribution in [0.3, 0.4) is 0 Å². The van der Waals surface area contributed by atoms with E-state index in [1.54, 1.807) is 31.4 Å². The molecule has 2 N–H and O–H groups in total. The van der Waals surface area contributed by atoms with Gasteiger partial charge in [-0.05, 0) is 49.1 Å². The van der Waals surface area contributed by atoms with Crippen LogP contribution in [0.5, 0.6) is 11.5 Å². The Kier molecular flexibility index (Phi) is 6.30. The fourth-order valence-corrected chi connectivity index (χ4v) is 2.99. The number of likely N-dealkylation sites (tertiary alicyclic amines) is 1. The molecule has 6 heteroatoms. The van der Waals surface area contributed by atoms with Crippen molar-refractivity contribution in [3.8, 4) is 11.5 Å². The van der Waals surface area contributed by atoms with E-state index in [1.165, 1.54) is 7.11 Å². The Balaban J connectivity index is 2.05. The van der Waals surface area contributed by atoms with E-state index in [0.29, 0.717) is 29.0 Å². The Morgan fingerprint density at radius 2 is 2.04 bits per heavy atom. The second kappa shape index (κ2) is 8.22. The van der Waals surface area contributed by atoms with Crippen LogP contribution in [-0.2, 0) is 4.79 Å². The standard InChI is InChI=1S/C17H23ClN2O3/c1-22-15-10-13(9-14(18)17(15)23-2)3-4-16(21)20-7-5-12(11-19)6-8-20/h3-4,9-10,12H,5-8,11,19H2,1-2H3. The molecule has 5 nitrogen and oxygen atoms in total. The largest absolute Gasteiger partial charge is 0.493 e. The highest BCUT2D eigenvalue weighted by atomic mass is 35.5. The lowest BCUT2D eigenvalue weighted by molar-refractivity contribution is -0.127. The molecule has 2 rings (SSSR count). The van der Waals surface area contributed by atoms with Crippen molar-refractivity contribution in [2.75, 3.05) is 33.9 Å². The number of hydrogen-bond donors (Lipinski definition) is 1. The summed E-state index contributed by atoms with van der Waals surface area (Å²) in [6.07, 6.45) is 5.25. The lowest BCUT2D eigenvalue weighted by atomic mass is 9.97. The number of benzene rings is 1. The highest BCUT2D eigenvalue weighted by molar-refractivity contribution is 6.32. The van der Waals surface area contributed by atoms with E-state index in [-0.39, 0.29) is 5.91 Å². The predicted octanol–water partition coefficient (Wildman–Crippen LogP) is 2.57. The first-order chi connectivity index (χ1) is 11.1. The SMILES string of the molecule is COc1cc(C=CC(=O)N2CCC(CN)CC2)cc(Cl)c1OC. The minimum absolute atomic E-state index is 0.00591. The normalized spacial score (nSPS) is 15.9. The molecule has 1 aliphatic rings. The van der Waals surface area contributed by atoms with E-state index in [0.717, 1.165) is 31.5 Å². The van der Waals surface area contributed by atoms with Gasteiger partial charge in [0.2, 0.25) is 5.91 Å². The van der Waals surface area contributed by atoms with Gasteiger partial charge >= 0.3 is 0 Å². The number of halogens is 1. The van der Waals surface area contributed by atoms with E-state index in [1.807, 2.05) is 4.90 Å². The van der Waals surface area contributed by atoms with Gasteiger partial charge in [-0.15, -0.1) is 0 Å². The smallest absolute Gasteiger partial charge is 0.246 e. The van der Waals surface area contributed by atoms with Gasteiger partial charge in [0.1, 0.15) is 0 Å². The number of piperidine rings is 1. The van der Waals surface area contributed by atoms with Gasteiger partial charge in [0.15, 0.2) is 11.5 Å². The van der Waals surface area contributed by atoms with Gasteiger partial charge in [-0.1, -0.05) is 11.6 Å². The van der Waals surface area contributed by atoms with Crippen LogP contribution >= 0.6 is 11.6 Å². The van der Waals surface area contributed by atoms with Crippen LogP contribution in [0.25, 0.3) is 6.08 Å². The Hall–Kier alpha value is -1.72. The summed E-state index contributed by atoms with van der Waals surface area (Å²) >= 11 is 6.16. The molecular weight excluding hydrogens is 316 g/mol. The fourth-order valence-electron chi connectivity index (χ4n) is 2.70. The molecule has 0 unspecified atom stereocenters. The van der Waals surface area contributed by atoms with Crippen LogP contribution in [0.15, 0.2) is 18.2 Å². The molecule has 126 valence electrons. The average Bonchev–Trinajstić information content (AvgIpc) is 2.59. The Bertz CT molecular complexity index is 581. The van der Waals surface area contributed by atoms with Gasteiger partial charge in [-0.2, -0.15) is 0 Å². The van der Waals surface area contributed by atoms with Crippen LogP contribution in [0, 0.1) is 5.92 Å². The van der Waals surface area contributed by atoms with Crippen molar-refractivity contribution in [1.82, 2.24) is 4.90 Å². The lowest BCUT2D eigenvalue weighted by Crippen LogP contribution is -2.39. The van der Waals surface area contributed by atoms with Crippen molar-refractivity contribution < 1.29 is 14.3 Å². The summed E-state index contributed by atoms with van der Waals surface area (Å²) in [6.45, 7) is 2.22. The maximum absolute atomic E-state index is 12.2. The van der Waals surface area contributed by atoms with Gasteiger partial charge in [0.25, 0.3) is 0 Å². The van der Waals surface area contributed by atoms with E-state index in [2.05, 4.69) is 0 Å². The first-order valence-corrected chi connectivity index (χ1v) is 8.05. The predicted molar refractivity (Wildman–Crippen MR) is 91.9 cm³/mol. The summed E-state index contributed by atoms with van der Waals surface area (Å²) in [5.41, 5.74) is 6.46. The summed E-state index contributed by atoms with van der Waals surface area (Å²) in [5.74, 6) is 1.57. The number of carbonyl (C=O) groups excluding carboxylic acids is 1. The van der Waals surface area contributed by atoms with Crippen LogP contribution in [0.4, 0.5) is 0 Å². The minimum atomic E-state index is 0.00591. The van der Waals surface area contributed by atoms with Gasteiger partial charge in [0, 0.05) is 19.2 Å². The molecule has 1 aromatic rings. The molecule has 0 spiro atoms. The molecular formula is C17H23ClN2O3. The first-order valence-electron chi connectivity index (χ1n) is 7.67. The second-order valence-corrected chi connectivity index (χ2v) is 5.98. The van der Waals surface area contributed by atoms with Crippen LogP contribution in [0.1, 0.15) is 18.4 Å². The van der Waals surface area contributed by atoms with E-state index in [4.69, 9.17) is 26.8 Å². The molecule has 23 heavy (non-hydrogen) atoms. The molecule has 0 aliphatic carbocycles. The Labute approximate surface area is 142 Å². The molecule has 1 saturated heterocycles. The van der Waals surface area contributed by atoms with E-state index in [9.17, 15) is 4.79 Å². The number of nitrogens with zero attached hydrogens (tertiary/aromatic N) is 1. The average molecular weight is 339 g/mol. The molecule has 1 aliphatic heterocycles. The fraction of sp³-hybridized carbons (Fsp3) is 0.471. The zero-order chi connectivity index (χ0) is 16.8. The van der Waals surface area contributed by atoms with Gasteiger partial charge in [-0.25, -0.2) is 0 Å². The highest BCUT2D eigenvalue weighted by Crippen LogP contribution is 2.36. The van der Waals surface area contributed by atoms with Crippen molar-refractivity contribution in [2.24, 2.45) is 11.7 Å². The summed E-state index contributed by atoms with van der Waals surface area (Å²) in [4.78, 5) is 14.1. The molecule has 1 heterocycles. The quantitative estimate of drug-likeness (QED) is 0.838. The van der Waals surface area contributed by atoms with Crippen molar-refractivity contribution >= 4 is 23.6 Å². The number of rotatable bonds is 5. The third-order valence-corrected chi connectivity index (χ3v) is 4.41. The minimum Gasteiger partial charge on any atom is -0.493 e. The van der Waals surface area contributed by atoms with Gasteiger partial charge in [0.05, 0.1) is 19.2 Å². The maximum Gasteiger partial charge on any atom is 0.246 e. The van der Waals surface area contributed by atoms with Crippen LogP contribution < -0.4 is 15.2 Å². The molecule has 0 atom stereocenters. The molecule has 0 bridgehead atoms. The number of amides is 1. The molecule has 1 aromatic carbocycles. The lowest BCUT2D eigenvalue weighted by Gasteiger charge is -2.30. The number of methoxy groups -OCH3 is 2. The summed E-state index contributed by atoms with van der Waals surface area (Å²) < 4.78 is 10.5. The van der Waals surface area contributed by atoms with Crippen molar-refractivity contribution in [3.05, 3.63) is 28.8 Å². The number of carbonyl (C=O) groups is 1. The first kappa shape index (κ1) is 17.6. The number of nitrogens with two attached hydrogens (primary N) is 1. The summed E-state index contributed by atoms with van der Waals surface area (Å²) in [7, 11) is 3.09. The molecule has 1 fully saturated rings. The van der Waals surface area contributed by atoms with Crippen LogP contribution in [-0.4, -0.2) is 44.7 Å². The summed E-state index contributed by atoms with van der Waals surface area (Å²) in [6, 6.07) is 3.53. The topological polar surface area (TPSA) is 64.8 Å². The van der Waals surface area contributed by atoms with Gasteiger partial charge in [-0.3, -0.25) is 4.79 Å². The second-order valence-electron chi connectivity index (χ2n) is 5.58. The third kappa shape index (κ3) is 4.39. The van der Waals surface area contributed by atoms with Gasteiger partial charge < -0.3 is 20.1 Å². The number of ether oxygens (including phenoxy) is 2. The zero-order valence-electron chi connectivity index (χ0n) is 13.5. The highest BCUT2D eigenvalue weighted by Gasteiger charge is 2.20. The van der Waals surface area contributed by atoms with Crippen LogP contribution in [0.2, 0.25) is 5.02 Å². The van der Waals surface area contributed by atoms with E-state index >= 15 is 0 Å². The zero-order valence-corrected chi connectivity index (χ0v) is 14.3. The molecule has 0 radical (unpaired) electrons. The molecule has 1 amide bonds. The number of hydrogen-bond acceptors (Lipinski definition) is 4. The van der Waals surface area contributed by atoms with Crippen molar-refractivity contribution in [1.29, 1.82) is 0 Å². The van der Waals surface area contributed by atoms with Crippen molar-refractivity contribution in [3.63, 3.8) is 0 Å². The Morgan fingerprint density at radius 3 is 2.61 bits per heavy atom. The monoisotopic (exact) mass is 338 g/mol. The molecule has 0 saturated carbocycles.